The lowest BCUT2D eigenvalue weighted by Gasteiger charge is -2.14. The van der Waals surface area contributed by atoms with E-state index in [0.717, 1.165) is 6.42 Å². The zero-order chi connectivity index (χ0) is 11.7. The number of carbonyl (C=O) groups is 1. The largest absolute Gasteiger partial charge is 0.391 e. The summed E-state index contributed by atoms with van der Waals surface area (Å²) >= 11 is 0. The number of methoxy groups -OCH3 is 1. The van der Waals surface area contributed by atoms with Crippen molar-refractivity contribution in [3.8, 4) is 0 Å². The zero-order valence-corrected chi connectivity index (χ0v) is 9.53. The molecule has 0 spiro atoms. The molecule has 0 rings (SSSR count). The van der Waals surface area contributed by atoms with Gasteiger partial charge >= 0.3 is 0 Å². The van der Waals surface area contributed by atoms with Crippen LogP contribution >= 0.6 is 0 Å². The number of rotatable bonds is 8. The van der Waals surface area contributed by atoms with Crippen molar-refractivity contribution in [3.05, 3.63) is 0 Å². The summed E-state index contributed by atoms with van der Waals surface area (Å²) in [5, 5.41) is 12.0. The second-order valence-corrected chi connectivity index (χ2v) is 3.58. The van der Waals surface area contributed by atoms with Crippen LogP contribution in [-0.2, 0) is 9.53 Å². The summed E-state index contributed by atoms with van der Waals surface area (Å²) in [6, 6.07) is -0.557. The van der Waals surface area contributed by atoms with Crippen LogP contribution < -0.4 is 11.1 Å². The third-order valence-electron chi connectivity index (χ3n) is 2.10. The normalized spacial score (nSPS) is 14.7. The Labute approximate surface area is 91.0 Å². The van der Waals surface area contributed by atoms with Crippen molar-refractivity contribution in [3.63, 3.8) is 0 Å². The number of nitrogens with one attached hydrogen (secondary N) is 1. The molecule has 5 heteroatoms. The predicted molar refractivity (Wildman–Crippen MR) is 58.4 cm³/mol. The van der Waals surface area contributed by atoms with Gasteiger partial charge in [0.1, 0.15) is 0 Å². The van der Waals surface area contributed by atoms with Gasteiger partial charge in [0.15, 0.2) is 0 Å². The first-order chi connectivity index (χ1) is 7.11. The molecule has 0 aromatic carbocycles. The number of hydrogen-bond donors (Lipinski definition) is 3. The van der Waals surface area contributed by atoms with Crippen LogP contribution in [0.5, 0.6) is 0 Å². The molecular formula is C10H22N2O3. The molecule has 15 heavy (non-hydrogen) atoms. The van der Waals surface area contributed by atoms with Crippen molar-refractivity contribution < 1.29 is 14.6 Å². The summed E-state index contributed by atoms with van der Waals surface area (Å²) < 4.78 is 4.82. The fourth-order valence-electron chi connectivity index (χ4n) is 1.16. The second kappa shape index (κ2) is 8.64. The van der Waals surface area contributed by atoms with E-state index in [1.54, 1.807) is 7.11 Å². The van der Waals surface area contributed by atoms with Crippen LogP contribution in [0.4, 0.5) is 0 Å². The topological polar surface area (TPSA) is 84.6 Å². The fourth-order valence-corrected chi connectivity index (χ4v) is 1.16. The highest BCUT2D eigenvalue weighted by Gasteiger charge is 2.13. The highest BCUT2D eigenvalue weighted by atomic mass is 16.5. The number of amides is 1. The molecule has 2 unspecified atom stereocenters. The van der Waals surface area contributed by atoms with Crippen LogP contribution in [0.15, 0.2) is 0 Å². The van der Waals surface area contributed by atoms with E-state index in [2.05, 4.69) is 5.32 Å². The summed E-state index contributed by atoms with van der Waals surface area (Å²) in [5.41, 5.74) is 5.59. The first-order valence-corrected chi connectivity index (χ1v) is 5.32. The van der Waals surface area contributed by atoms with Crippen molar-refractivity contribution in [2.75, 3.05) is 20.3 Å². The fraction of sp³-hybridized carbons (Fsp3) is 0.900. The highest BCUT2D eigenvalue weighted by Crippen LogP contribution is 1.95. The second-order valence-electron chi connectivity index (χ2n) is 3.58. The van der Waals surface area contributed by atoms with Crippen LogP contribution in [0, 0.1) is 0 Å². The lowest BCUT2D eigenvalue weighted by Crippen LogP contribution is -2.43. The van der Waals surface area contributed by atoms with Gasteiger partial charge in [-0.2, -0.15) is 0 Å². The molecule has 0 aromatic rings. The molecule has 0 aromatic heterocycles. The van der Waals surface area contributed by atoms with Gasteiger partial charge in [-0.15, -0.1) is 0 Å². The molecule has 0 fully saturated rings. The molecule has 0 heterocycles. The highest BCUT2D eigenvalue weighted by molar-refractivity contribution is 5.81. The molecule has 90 valence electrons. The van der Waals surface area contributed by atoms with Gasteiger partial charge in [0.25, 0.3) is 0 Å². The summed E-state index contributed by atoms with van der Waals surface area (Å²) in [7, 11) is 1.57. The molecule has 0 bridgehead atoms. The van der Waals surface area contributed by atoms with E-state index in [1.165, 1.54) is 0 Å². The third-order valence-corrected chi connectivity index (χ3v) is 2.10. The Morgan fingerprint density at radius 1 is 1.53 bits per heavy atom. The van der Waals surface area contributed by atoms with Crippen LogP contribution in [0.1, 0.15) is 26.2 Å². The molecule has 5 nitrogen and oxygen atoms in total. The Bertz CT molecular complexity index is 176. The van der Waals surface area contributed by atoms with Crippen molar-refractivity contribution in [1.82, 2.24) is 5.32 Å². The maximum absolute atomic E-state index is 11.4. The molecule has 0 saturated carbocycles. The smallest absolute Gasteiger partial charge is 0.237 e. The summed E-state index contributed by atoms with van der Waals surface area (Å²) in [6.45, 7) is 2.72. The van der Waals surface area contributed by atoms with Crippen LogP contribution in [-0.4, -0.2) is 43.4 Å². The Morgan fingerprint density at radius 2 is 2.20 bits per heavy atom. The molecule has 1 amide bonds. The molecule has 4 N–H and O–H groups in total. The van der Waals surface area contributed by atoms with Crippen molar-refractivity contribution in [2.24, 2.45) is 5.73 Å². The predicted octanol–water partition coefficient (Wildman–Crippen LogP) is -0.373. The molecule has 0 aliphatic carbocycles. The van der Waals surface area contributed by atoms with E-state index in [9.17, 15) is 9.90 Å². The first kappa shape index (κ1) is 14.3. The van der Waals surface area contributed by atoms with Crippen LogP contribution in [0.3, 0.4) is 0 Å². The zero-order valence-electron chi connectivity index (χ0n) is 9.53. The van der Waals surface area contributed by atoms with Gasteiger partial charge in [0, 0.05) is 20.3 Å². The average Bonchev–Trinajstić information content (AvgIpc) is 2.22. The van der Waals surface area contributed by atoms with E-state index >= 15 is 0 Å². The minimum atomic E-state index is -0.557. The molecular weight excluding hydrogens is 196 g/mol. The van der Waals surface area contributed by atoms with Gasteiger partial charge in [-0.25, -0.2) is 0 Å². The van der Waals surface area contributed by atoms with Crippen molar-refractivity contribution in [1.29, 1.82) is 0 Å². The molecule has 0 saturated heterocycles. The summed E-state index contributed by atoms with van der Waals surface area (Å²) in [5.74, 6) is -0.234. The van der Waals surface area contributed by atoms with Crippen molar-refractivity contribution in [2.45, 2.75) is 38.3 Å². The van der Waals surface area contributed by atoms with E-state index in [-0.39, 0.29) is 12.5 Å². The molecule has 0 aliphatic heterocycles. The number of carbonyl (C=O) groups excluding carboxylic acids is 1. The monoisotopic (exact) mass is 218 g/mol. The Morgan fingerprint density at radius 3 is 2.73 bits per heavy atom. The van der Waals surface area contributed by atoms with Gasteiger partial charge < -0.3 is 20.9 Å². The number of aliphatic hydroxyl groups excluding tert-OH is 1. The summed E-state index contributed by atoms with van der Waals surface area (Å²) in [4.78, 5) is 11.4. The maximum atomic E-state index is 11.4. The standard InChI is InChI=1S/C10H22N2O3/c1-3-4-8(13)7-12-10(14)9(11)5-6-15-2/h8-9,13H,3-7,11H2,1-2H3,(H,12,14). The van der Waals surface area contributed by atoms with Crippen LogP contribution in [0.25, 0.3) is 0 Å². The lowest BCUT2D eigenvalue weighted by molar-refractivity contribution is -0.123. The minimum Gasteiger partial charge on any atom is -0.391 e. The first-order valence-electron chi connectivity index (χ1n) is 5.32. The molecule has 0 aliphatic rings. The van der Waals surface area contributed by atoms with Gasteiger partial charge in [-0.3, -0.25) is 4.79 Å². The van der Waals surface area contributed by atoms with Gasteiger partial charge in [0.2, 0.25) is 5.91 Å². The SMILES string of the molecule is CCCC(O)CNC(=O)C(N)CCOC. The Hall–Kier alpha value is -0.650. The number of hydrogen-bond acceptors (Lipinski definition) is 4. The van der Waals surface area contributed by atoms with E-state index < -0.39 is 12.1 Å². The minimum absolute atomic E-state index is 0.234. The van der Waals surface area contributed by atoms with Gasteiger partial charge in [-0.1, -0.05) is 13.3 Å². The van der Waals surface area contributed by atoms with Gasteiger partial charge in [0.05, 0.1) is 12.1 Å². The average molecular weight is 218 g/mol. The Kier molecular flexibility index (Phi) is 8.27. The Balaban J connectivity index is 3.63. The van der Waals surface area contributed by atoms with Crippen molar-refractivity contribution >= 4 is 5.91 Å². The third kappa shape index (κ3) is 7.30. The van der Waals surface area contributed by atoms with Crippen LogP contribution in [0.2, 0.25) is 0 Å². The van der Waals surface area contributed by atoms with Gasteiger partial charge in [-0.05, 0) is 12.8 Å². The van der Waals surface area contributed by atoms with E-state index in [0.29, 0.717) is 19.4 Å². The van der Waals surface area contributed by atoms with E-state index in [4.69, 9.17) is 10.5 Å². The molecule has 2 atom stereocenters. The summed E-state index contributed by atoms with van der Waals surface area (Å²) in [6.07, 6.45) is 1.60. The quantitative estimate of drug-likeness (QED) is 0.519. The van der Waals surface area contributed by atoms with E-state index in [1.807, 2.05) is 6.92 Å². The molecule has 0 radical (unpaired) electrons. The lowest BCUT2D eigenvalue weighted by atomic mass is 10.2. The number of nitrogens with two attached hydrogens (primary N) is 1. The number of aliphatic hydroxyl groups is 1. The maximum Gasteiger partial charge on any atom is 0.237 e. The number of ether oxygens (including phenoxy) is 1.